The van der Waals surface area contributed by atoms with Crippen molar-refractivity contribution in [2.45, 2.75) is 143 Å². The number of nitrogens with zero attached hydrogens (tertiary/aromatic N) is 2. The molecule has 22 nitrogen and oxygen atoms in total. The molecule has 1 saturated heterocycles. The van der Waals surface area contributed by atoms with Crippen LogP contribution in [-0.4, -0.2) is 137 Å². The second-order valence-corrected chi connectivity index (χ2v) is 19.7. The van der Waals surface area contributed by atoms with Gasteiger partial charge in [-0.2, -0.15) is 0 Å². The van der Waals surface area contributed by atoms with Crippen molar-refractivity contribution in [1.82, 2.24) is 36.8 Å². The van der Waals surface area contributed by atoms with E-state index >= 15 is 0 Å². The second-order valence-electron chi connectivity index (χ2n) is 19.7. The average molecular weight is 1040 g/mol. The first-order valence-corrected chi connectivity index (χ1v) is 24.9. The van der Waals surface area contributed by atoms with Gasteiger partial charge in [0.05, 0.1) is 24.0 Å². The molecule has 1 unspecified atom stereocenters. The number of guanidine groups is 1. The Morgan fingerprint density at radius 3 is 1.91 bits per heavy atom. The summed E-state index contributed by atoms with van der Waals surface area (Å²) in [7, 11) is 2.85. The molecule has 2 rings (SSSR count). The minimum absolute atomic E-state index is 0.00777. The molecule has 1 aromatic rings. The number of aliphatic carboxylic acids is 2. The fraction of sp³-hybridized carbons (Fsp3) is 0.577. The van der Waals surface area contributed by atoms with Crippen molar-refractivity contribution in [2.75, 3.05) is 20.7 Å². The predicted molar refractivity (Wildman–Crippen MR) is 278 cm³/mol. The molecule has 1 aliphatic rings. The summed E-state index contributed by atoms with van der Waals surface area (Å²) >= 11 is 0. The van der Waals surface area contributed by atoms with Crippen LogP contribution in [0.15, 0.2) is 71.4 Å². The van der Waals surface area contributed by atoms with Crippen molar-refractivity contribution in [3.8, 4) is 0 Å². The molecule has 0 bridgehead atoms. The maximum atomic E-state index is 14.4. The van der Waals surface area contributed by atoms with E-state index in [4.69, 9.17) is 16.2 Å². The quantitative estimate of drug-likeness (QED) is 0.0349. The predicted octanol–water partition coefficient (Wildman–Crippen LogP) is 1.64. The Morgan fingerprint density at radius 1 is 0.797 bits per heavy atom. The smallest absolute Gasteiger partial charge is 0.327 e. The van der Waals surface area contributed by atoms with Crippen molar-refractivity contribution in [1.29, 1.82) is 0 Å². The van der Waals surface area contributed by atoms with Gasteiger partial charge in [0, 0.05) is 33.0 Å². The Hall–Kier alpha value is -7.10. The van der Waals surface area contributed by atoms with Crippen LogP contribution in [0.3, 0.4) is 0 Å². The van der Waals surface area contributed by atoms with Crippen LogP contribution in [0.5, 0.6) is 0 Å². The number of nitrogens with two attached hydrogens (primary N) is 2. The van der Waals surface area contributed by atoms with Gasteiger partial charge in [-0.05, 0) is 62.8 Å². The molecule has 10 atom stereocenters. The van der Waals surface area contributed by atoms with Gasteiger partial charge in [-0.3, -0.25) is 38.6 Å². The van der Waals surface area contributed by atoms with Gasteiger partial charge in [-0.1, -0.05) is 109 Å². The first kappa shape index (κ1) is 63.0. The molecule has 12 N–H and O–H groups in total. The van der Waals surface area contributed by atoms with Crippen molar-refractivity contribution in [2.24, 2.45) is 46.0 Å². The normalized spacial score (nSPS) is 24.9. The Bertz CT molecular complexity index is 2230. The van der Waals surface area contributed by atoms with Crippen molar-refractivity contribution in [3.63, 3.8) is 0 Å². The summed E-state index contributed by atoms with van der Waals surface area (Å²) < 4.78 is 5.82. The van der Waals surface area contributed by atoms with Crippen LogP contribution in [0, 0.1) is 29.6 Å². The van der Waals surface area contributed by atoms with E-state index in [0.29, 0.717) is 12.0 Å². The van der Waals surface area contributed by atoms with E-state index in [9.17, 15) is 53.4 Å². The fourth-order valence-corrected chi connectivity index (χ4v) is 8.03. The lowest BCUT2D eigenvalue weighted by Crippen LogP contribution is -2.59. The van der Waals surface area contributed by atoms with Gasteiger partial charge in [0.1, 0.15) is 35.9 Å². The highest BCUT2D eigenvalue weighted by atomic mass is 16.5. The zero-order chi connectivity index (χ0) is 56.0. The van der Waals surface area contributed by atoms with E-state index in [2.05, 4.69) is 43.5 Å². The highest BCUT2D eigenvalue weighted by Gasteiger charge is 2.38. The molecule has 1 fully saturated rings. The number of nitrogens with one attached hydrogen (secondary N) is 6. The molecule has 0 aromatic heterocycles. The number of carbonyl (C=O) groups excluding carboxylic acids is 7. The van der Waals surface area contributed by atoms with Crippen LogP contribution in [0.1, 0.15) is 99.5 Å². The van der Waals surface area contributed by atoms with Gasteiger partial charge in [-0.25, -0.2) is 9.59 Å². The van der Waals surface area contributed by atoms with Crippen LogP contribution >= 0.6 is 0 Å². The summed E-state index contributed by atoms with van der Waals surface area (Å²) in [6.45, 7) is 17.3. The van der Waals surface area contributed by atoms with E-state index in [0.717, 1.165) is 10.5 Å². The monoisotopic (exact) mass is 1040 g/mol. The number of amides is 7. The zero-order valence-corrected chi connectivity index (χ0v) is 44.4. The third-order valence-corrected chi connectivity index (χ3v) is 12.5. The number of hydrogen-bond donors (Lipinski definition) is 10. The molecular weight excluding hydrogens is 957 g/mol. The molecule has 1 heterocycles. The maximum Gasteiger partial charge on any atom is 0.327 e. The van der Waals surface area contributed by atoms with Crippen LogP contribution < -0.4 is 43.4 Å². The largest absolute Gasteiger partial charge is 0.480 e. The van der Waals surface area contributed by atoms with Gasteiger partial charge < -0.3 is 63.2 Å². The summed E-state index contributed by atoms with van der Waals surface area (Å²) in [5.41, 5.74) is 12.4. The number of rotatable bonds is 17. The lowest BCUT2D eigenvalue weighted by molar-refractivity contribution is -0.146. The number of allylic oxidation sites excluding steroid dienone is 2. The third-order valence-electron chi connectivity index (χ3n) is 12.5. The molecular formula is C52H80N10O12. The van der Waals surface area contributed by atoms with E-state index < -0.39 is 120 Å². The van der Waals surface area contributed by atoms with Gasteiger partial charge in [0.15, 0.2) is 5.96 Å². The van der Waals surface area contributed by atoms with Gasteiger partial charge >= 0.3 is 11.9 Å². The SMILES string of the molecule is C=C1C(=O)N[C@H](CC(C)C)C(=O)NC(CC(C)C)C(=O)N[C@@H](C(=O)O)[C@H](C)C(=O)N[C@@H](CCCN=C(N)N)C(=O)N[C@@H](C=CC(C)=C[C@H](C)[C@H](Cc2ccccc2)OC)[C@H](C)C(=O)N[C@@H](C(=O)O)CCC(=O)N1C. The molecule has 22 heteroatoms. The number of hydrogen-bond acceptors (Lipinski definition) is 11. The number of carboxylic acid groups (broad SMARTS) is 2. The summed E-state index contributed by atoms with van der Waals surface area (Å²) in [6.07, 6.45) is 4.71. The second kappa shape index (κ2) is 30.8. The number of carboxylic acids is 2. The number of aliphatic imine (C=N–C) groups is 1. The lowest BCUT2D eigenvalue weighted by atomic mass is 9.94. The Labute approximate surface area is 434 Å². The van der Waals surface area contributed by atoms with Gasteiger partial charge in [0.2, 0.25) is 35.4 Å². The fourth-order valence-electron chi connectivity index (χ4n) is 8.03. The standard InChI is InChI=1S/C52H80N10O12/c1-28(2)24-39-48(68)60-40(25-29(3)4)49(69)61-43(51(72)73)33(8)45(65)57-37(18-15-23-55-52(53)54)47(67)56-36(20-19-30(5)26-31(6)41(74-11)27-35-16-13-12-14-17-35)32(7)44(64)58-38(50(70)71)21-22-42(63)62(10)34(9)46(66)59-39/h12-14,16-17,19-20,26,28-29,31-33,36-41,43H,9,15,18,21-25,27H2,1-8,10-11H3,(H,56,67)(H,57,65)(H,58,64)(H,59,66)(H,60,68)(H,61,69)(H,70,71)(H,72,73)(H4,53,54,55)/t31-,32-,33-,36-,37-,38+,39+,40?,41-,43+/m0/s1. The Balaban J connectivity index is 2.78. The maximum absolute atomic E-state index is 14.4. The van der Waals surface area contributed by atoms with Crippen LogP contribution in [0.25, 0.3) is 0 Å². The van der Waals surface area contributed by atoms with Gasteiger partial charge in [-0.15, -0.1) is 0 Å². The summed E-state index contributed by atoms with van der Waals surface area (Å²) in [6, 6.07) is 1.03. The molecule has 0 radical (unpaired) electrons. The van der Waals surface area contributed by atoms with Crippen LogP contribution in [0.2, 0.25) is 0 Å². The molecule has 1 aromatic carbocycles. The Kier molecular flexibility index (Phi) is 26.2. The highest BCUT2D eigenvalue weighted by molar-refractivity contribution is 6.00. The van der Waals surface area contributed by atoms with E-state index in [1.807, 2.05) is 43.3 Å². The molecule has 0 aliphatic carbocycles. The topological polar surface area (TPSA) is 343 Å². The molecule has 410 valence electrons. The molecule has 1 aliphatic heterocycles. The first-order valence-electron chi connectivity index (χ1n) is 24.9. The minimum Gasteiger partial charge on any atom is -0.480 e. The Morgan fingerprint density at radius 2 is 1.35 bits per heavy atom. The van der Waals surface area contributed by atoms with Crippen molar-refractivity contribution < 1.29 is 58.1 Å². The molecule has 7 amide bonds. The first-order chi connectivity index (χ1) is 34.7. The molecule has 0 saturated carbocycles. The number of methoxy groups -OCH3 is 1. The third kappa shape index (κ3) is 21.2. The van der Waals surface area contributed by atoms with Crippen molar-refractivity contribution in [3.05, 3.63) is 72.0 Å². The zero-order valence-electron chi connectivity index (χ0n) is 44.4. The molecule has 74 heavy (non-hydrogen) atoms. The number of carbonyl (C=O) groups is 9. The lowest BCUT2D eigenvalue weighted by Gasteiger charge is -2.29. The van der Waals surface area contributed by atoms with Crippen LogP contribution in [-0.2, 0) is 54.3 Å². The summed E-state index contributed by atoms with van der Waals surface area (Å²) in [4.78, 5) is 128. The number of ether oxygens (including phenoxy) is 1. The number of benzene rings is 1. The van der Waals surface area contributed by atoms with E-state index in [1.165, 1.54) is 27.0 Å². The highest BCUT2D eigenvalue weighted by Crippen LogP contribution is 2.19. The minimum atomic E-state index is -1.89. The van der Waals surface area contributed by atoms with E-state index in [1.54, 1.807) is 47.8 Å². The summed E-state index contributed by atoms with van der Waals surface area (Å²) in [5, 5.41) is 36.0. The number of likely N-dealkylation sites (N-methyl/N-ethyl adjacent to an activating group) is 1. The van der Waals surface area contributed by atoms with Gasteiger partial charge in [0.25, 0.3) is 5.91 Å². The van der Waals surface area contributed by atoms with E-state index in [-0.39, 0.29) is 62.0 Å². The average Bonchev–Trinajstić information content (AvgIpc) is 3.33. The van der Waals surface area contributed by atoms with Crippen LogP contribution in [0.4, 0.5) is 0 Å². The molecule has 0 spiro atoms. The summed E-state index contributed by atoms with van der Waals surface area (Å²) in [5.74, 6) is -12.7. The van der Waals surface area contributed by atoms with Crippen molar-refractivity contribution >= 4 is 59.2 Å².